The number of methoxy groups -OCH3 is 1. The first kappa shape index (κ1) is 20.4. The number of fused-ring (bicyclic) bond motifs is 1. The standard InChI is InChI=1S/C21H18ClNO6/c1-28-15-6-7-16-13(10-20(25)29-18(16)11-15)9-19(24)23-17(21(26)27)8-12-2-4-14(22)5-3-12/h2-7,10-11,17H,8-9H2,1H3,(H,23,24)(H,26,27). The zero-order valence-electron chi connectivity index (χ0n) is 15.5. The van der Waals surface area contributed by atoms with E-state index in [1.54, 1.807) is 42.5 Å². The Bertz CT molecular complexity index is 1110. The maximum Gasteiger partial charge on any atom is 0.336 e. The molecule has 0 aliphatic rings. The molecule has 0 spiro atoms. The number of hydrogen-bond acceptors (Lipinski definition) is 5. The third-order valence-electron chi connectivity index (χ3n) is 4.37. The highest BCUT2D eigenvalue weighted by Gasteiger charge is 2.21. The molecule has 0 aliphatic carbocycles. The summed E-state index contributed by atoms with van der Waals surface area (Å²) in [5.41, 5.74) is 0.840. The van der Waals surface area contributed by atoms with Gasteiger partial charge in [0.2, 0.25) is 5.91 Å². The van der Waals surface area contributed by atoms with Gasteiger partial charge in [0.25, 0.3) is 0 Å². The van der Waals surface area contributed by atoms with Gasteiger partial charge in [-0.1, -0.05) is 23.7 Å². The number of nitrogens with one attached hydrogen (secondary N) is 1. The molecule has 7 nitrogen and oxygen atoms in total. The van der Waals surface area contributed by atoms with Gasteiger partial charge < -0.3 is 19.6 Å². The number of carboxylic acid groups (broad SMARTS) is 1. The molecule has 150 valence electrons. The Hall–Kier alpha value is -3.32. The topological polar surface area (TPSA) is 106 Å². The zero-order chi connectivity index (χ0) is 21.0. The first-order valence-electron chi connectivity index (χ1n) is 8.73. The number of aliphatic carboxylic acids is 1. The number of amides is 1. The van der Waals surface area contributed by atoms with Crippen LogP contribution in [-0.2, 0) is 22.4 Å². The Balaban J connectivity index is 1.78. The highest BCUT2D eigenvalue weighted by atomic mass is 35.5. The summed E-state index contributed by atoms with van der Waals surface area (Å²) >= 11 is 5.84. The lowest BCUT2D eigenvalue weighted by Gasteiger charge is -2.15. The summed E-state index contributed by atoms with van der Waals surface area (Å²) in [6.45, 7) is 0. The monoisotopic (exact) mass is 415 g/mol. The molecular formula is C21H18ClNO6. The molecule has 0 radical (unpaired) electrons. The predicted molar refractivity (Wildman–Crippen MR) is 107 cm³/mol. The van der Waals surface area contributed by atoms with Crippen LogP contribution in [0.3, 0.4) is 0 Å². The van der Waals surface area contributed by atoms with E-state index in [1.165, 1.54) is 13.2 Å². The molecule has 1 amide bonds. The Morgan fingerprint density at radius 1 is 1.17 bits per heavy atom. The fourth-order valence-electron chi connectivity index (χ4n) is 2.96. The van der Waals surface area contributed by atoms with E-state index in [0.717, 1.165) is 5.56 Å². The zero-order valence-corrected chi connectivity index (χ0v) is 16.2. The molecule has 0 aliphatic heterocycles. The molecule has 0 saturated heterocycles. The maximum atomic E-state index is 12.5. The molecule has 1 atom stereocenters. The molecular weight excluding hydrogens is 398 g/mol. The molecule has 2 aromatic carbocycles. The second-order valence-electron chi connectivity index (χ2n) is 6.42. The van der Waals surface area contributed by atoms with Crippen molar-refractivity contribution in [3.63, 3.8) is 0 Å². The van der Waals surface area contributed by atoms with Gasteiger partial charge in [-0.3, -0.25) is 4.79 Å². The SMILES string of the molecule is COc1ccc2c(CC(=O)NC(Cc3ccc(Cl)cc3)C(=O)O)cc(=O)oc2c1. The molecule has 0 bridgehead atoms. The lowest BCUT2D eigenvalue weighted by atomic mass is 10.0. The Morgan fingerprint density at radius 2 is 1.90 bits per heavy atom. The molecule has 3 rings (SSSR count). The normalized spacial score (nSPS) is 11.8. The van der Waals surface area contributed by atoms with Crippen molar-refractivity contribution < 1.29 is 23.8 Å². The van der Waals surface area contributed by atoms with Crippen molar-refractivity contribution in [1.82, 2.24) is 5.32 Å². The summed E-state index contributed by atoms with van der Waals surface area (Å²) in [5.74, 6) is -1.17. The summed E-state index contributed by atoms with van der Waals surface area (Å²) in [7, 11) is 1.49. The number of carboxylic acids is 1. The molecule has 1 aromatic heterocycles. The quantitative estimate of drug-likeness (QED) is 0.575. The number of rotatable bonds is 7. The fraction of sp³-hybridized carbons (Fsp3) is 0.190. The van der Waals surface area contributed by atoms with Gasteiger partial charge in [0, 0.05) is 29.0 Å². The third kappa shape index (κ3) is 5.14. The molecule has 3 aromatic rings. The summed E-state index contributed by atoms with van der Waals surface area (Å²) in [6.07, 6.45) is -0.0635. The molecule has 8 heteroatoms. The number of ether oxygens (including phenoxy) is 1. The molecule has 1 unspecified atom stereocenters. The van der Waals surface area contributed by atoms with Crippen LogP contribution in [-0.4, -0.2) is 30.1 Å². The lowest BCUT2D eigenvalue weighted by molar-refractivity contribution is -0.141. The van der Waals surface area contributed by atoms with Gasteiger partial charge in [0.15, 0.2) is 0 Å². The van der Waals surface area contributed by atoms with Gasteiger partial charge in [0.05, 0.1) is 13.5 Å². The van der Waals surface area contributed by atoms with Crippen molar-refractivity contribution in [1.29, 1.82) is 0 Å². The van der Waals surface area contributed by atoms with Crippen molar-refractivity contribution in [2.75, 3.05) is 7.11 Å². The van der Waals surface area contributed by atoms with Crippen molar-refractivity contribution in [3.8, 4) is 5.75 Å². The lowest BCUT2D eigenvalue weighted by Crippen LogP contribution is -2.43. The van der Waals surface area contributed by atoms with E-state index in [1.807, 2.05) is 0 Å². The average Bonchev–Trinajstić information content (AvgIpc) is 2.68. The van der Waals surface area contributed by atoms with Crippen LogP contribution in [0.1, 0.15) is 11.1 Å². The number of carbonyl (C=O) groups excluding carboxylic acids is 1. The second-order valence-corrected chi connectivity index (χ2v) is 6.85. The summed E-state index contributed by atoms with van der Waals surface area (Å²) in [6, 6.07) is 11.7. The van der Waals surface area contributed by atoms with Crippen LogP contribution in [0, 0.1) is 0 Å². The van der Waals surface area contributed by atoms with Crippen LogP contribution >= 0.6 is 11.6 Å². The molecule has 2 N–H and O–H groups in total. The highest BCUT2D eigenvalue weighted by Crippen LogP contribution is 2.23. The smallest absolute Gasteiger partial charge is 0.336 e. The molecule has 1 heterocycles. The van der Waals surface area contributed by atoms with Crippen LogP contribution in [0.25, 0.3) is 11.0 Å². The number of hydrogen-bond donors (Lipinski definition) is 2. The fourth-order valence-corrected chi connectivity index (χ4v) is 3.08. The Labute approximate surface area is 170 Å². The van der Waals surface area contributed by atoms with Crippen LogP contribution in [0.5, 0.6) is 5.75 Å². The van der Waals surface area contributed by atoms with Gasteiger partial charge in [-0.05, 0) is 35.4 Å². The minimum absolute atomic E-state index is 0.104. The third-order valence-corrected chi connectivity index (χ3v) is 4.63. The van der Waals surface area contributed by atoms with Gasteiger partial charge in [-0.2, -0.15) is 0 Å². The number of benzene rings is 2. The van der Waals surface area contributed by atoms with E-state index in [0.29, 0.717) is 21.7 Å². The van der Waals surface area contributed by atoms with Gasteiger partial charge in [0.1, 0.15) is 17.4 Å². The van der Waals surface area contributed by atoms with E-state index in [9.17, 15) is 19.5 Å². The van der Waals surface area contributed by atoms with Crippen molar-refractivity contribution >= 4 is 34.4 Å². The van der Waals surface area contributed by atoms with Crippen LogP contribution in [0.2, 0.25) is 5.02 Å². The first-order valence-corrected chi connectivity index (χ1v) is 9.11. The van der Waals surface area contributed by atoms with Crippen LogP contribution < -0.4 is 15.7 Å². The summed E-state index contributed by atoms with van der Waals surface area (Å²) in [4.78, 5) is 35.9. The minimum atomic E-state index is -1.16. The maximum absolute atomic E-state index is 12.5. The van der Waals surface area contributed by atoms with E-state index in [4.69, 9.17) is 20.8 Å². The Morgan fingerprint density at radius 3 is 2.55 bits per heavy atom. The Kier molecular flexibility index (Phi) is 6.19. The molecule has 0 fully saturated rings. The first-order chi connectivity index (χ1) is 13.9. The van der Waals surface area contributed by atoms with Crippen LogP contribution in [0.15, 0.2) is 57.7 Å². The van der Waals surface area contributed by atoms with Gasteiger partial charge >= 0.3 is 11.6 Å². The summed E-state index contributed by atoms with van der Waals surface area (Å²) in [5, 5.41) is 13.1. The molecule has 29 heavy (non-hydrogen) atoms. The largest absolute Gasteiger partial charge is 0.497 e. The number of carbonyl (C=O) groups is 2. The van der Waals surface area contributed by atoms with Gasteiger partial charge in [-0.15, -0.1) is 0 Å². The highest BCUT2D eigenvalue weighted by molar-refractivity contribution is 6.30. The molecule has 0 saturated carbocycles. The van der Waals surface area contributed by atoms with E-state index >= 15 is 0 Å². The van der Waals surface area contributed by atoms with Gasteiger partial charge in [-0.25, -0.2) is 9.59 Å². The number of halogens is 1. The van der Waals surface area contributed by atoms with Crippen molar-refractivity contribution in [3.05, 3.63) is 75.1 Å². The van der Waals surface area contributed by atoms with E-state index in [2.05, 4.69) is 5.32 Å². The average molecular weight is 416 g/mol. The van der Waals surface area contributed by atoms with Crippen molar-refractivity contribution in [2.45, 2.75) is 18.9 Å². The van der Waals surface area contributed by atoms with Crippen molar-refractivity contribution in [2.24, 2.45) is 0 Å². The van der Waals surface area contributed by atoms with E-state index in [-0.39, 0.29) is 18.4 Å². The van der Waals surface area contributed by atoms with Crippen LogP contribution in [0.4, 0.5) is 0 Å². The summed E-state index contributed by atoms with van der Waals surface area (Å²) < 4.78 is 10.3. The van der Waals surface area contributed by atoms with E-state index < -0.39 is 23.5 Å². The predicted octanol–water partition coefficient (Wildman–Crippen LogP) is 2.81. The minimum Gasteiger partial charge on any atom is -0.497 e. The second kappa shape index (κ2) is 8.79.